The van der Waals surface area contributed by atoms with Gasteiger partial charge in [-0.1, -0.05) is 244 Å². The van der Waals surface area contributed by atoms with Gasteiger partial charge in [-0.25, -0.2) is 4.98 Å². The van der Waals surface area contributed by atoms with Gasteiger partial charge in [0.15, 0.2) is 8.07 Å². The van der Waals surface area contributed by atoms with Crippen molar-refractivity contribution in [1.82, 2.24) is 14.1 Å². The fourth-order valence-electron chi connectivity index (χ4n) is 12.5. The summed E-state index contributed by atoms with van der Waals surface area (Å²) in [5.74, 6) is 1.61. The van der Waals surface area contributed by atoms with Gasteiger partial charge in [0.05, 0.1) is 23.6 Å². The van der Waals surface area contributed by atoms with Crippen LogP contribution in [0.15, 0.2) is 267 Å². The van der Waals surface area contributed by atoms with Crippen LogP contribution in [-0.2, 0) is 26.5 Å². The second kappa shape index (κ2) is 21.1. The normalized spacial score (nSPS) is 13.5. The van der Waals surface area contributed by atoms with Crippen LogP contribution in [0.25, 0.3) is 94.5 Å². The van der Waals surface area contributed by atoms with E-state index < -0.39 is 45.1 Å². The summed E-state index contributed by atoms with van der Waals surface area (Å²) in [6.07, 6.45) is 5.60. The third-order valence-corrected chi connectivity index (χ3v) is 21.0. The number of nitrogens with zero attached hydrogens (tertiary/aromatic N) is 4. The van der Waals surface area contributed by atoms with Gasteiger partial charge >= 0.3 is 0 Å². The first-order chi connectivity index (χ1) is 44.0. The van der Waals surface area contributed by atoms with Gasteiger partial charge in [0, 0.05) is 48.4 Å². The van der Waals surface area contributed by atoms with E-state index in [2.05, 4.69) is 177 Å². The van der Waals surface area contributed by atoms with Crippen molar-refractivity contribution in [3.05, 3.63) is 297 Å². The van der Waals surface area contributed by atoms with Crippen LogP contribution in [0.2, 0.25) is 0 Å². The van der Waals surface area contributed by atoms with E-state index in [1.807, 2.05) is 100 Å². The number of rotatable bonds is 9. The largest absolute Gasteiger partial charge is 0.510 e. The van der Waals surface area contributed by atoms with E-state index in [0.29, 0.717) is 45.0 Å². The first-order valence-electron chi connectivity index (χ1n) is 31.8. The van der Waals surface area contributed by atoms with Gasteiger partial charge in [0.25, 0.3) is 6.33 Å². The van der Waals surface area contributed by atoms with Gasteiger partial charge in [-0.2, -0.15) is 18.2 Å². The van der Waals surface area contributed by atoms with Crippen molar-refractivity contribution >= 4 is 61.7 Å². The van der Waals surface area contributed by atoms with Gasteiger partial charge < -0.3 is 13.9 Å². The average molecular weight is 1280 g/mol. The van der Waals surface area contributed by atoms with Gasteiger partial charge in [-0.3, -0.25) is 4.57 Å². The van der Waals surface area contributed by atoms with E-state index >= 15 is 0 Å². The second-order valence-corrected chi connectivity index (χ2v) is 25.9. The molecular formula is C77H56N4OPtSi-2. The second-order valence-electron chi connectivity index (χ2n) is 22.1. The van der Waals surface area contributed by atoms with Gasteiger partial charge in [-0.15, -0.1) is 29.7 Å². The summed E-state index contributed by atoms with van der Waals surface area (Å²) in [6, 6.07) is 82.2. The SMILES string of the molecule is [2H]c1c([2H])c([2H])c(-c2cc(C([2H])([2H])[2H])cc3c2-[n+]2[c-]n(-c4[c-]c(Oc5[c-]c6c(cc5)c5ccccc5n6-c5cc(C(C)(C)C)ccn5)ccc4)c4cccc(c42)-c2ccccc2-c2ccc([Si](c4ccccc4)(c4ccccc4)c4ccccc4)cc2-3)c([2H])c1[2H].[Pt]. The quantitative estimate of drug-likeness (QED) is 0.0625. The molecule has 11 aromatic carbocycles. The van der Waals surface area contributed by atoms with Crippen LogP contribution in [0.5, 0.6) is 11.5 Å². The number of hydrogen-bond donors (Lipinski definition) is 0. The minimum absolute atomic E-state index is 0. The third kappa shape index (κ3) is 8.70. The molecule has 15 rings (SSSR count). The molecule has 5 nitrogen and oxygen atoms in total. The number of ether oxygens (including phenoxy) is 1. The molecule has 0 bridgehead atoms. The van der Waals surface area contributed by atoms with Crippen LogP contribution >= 0.6 is 0 Å². The number of pyridine rings is 1. The molecule has 14 aromatic rings. The van der Waals surface area contributed by atoms with E-state index in [9.17, 15) is 6.85 Å². The molecule has 0 atom stereocenters. The third-order valence-electron chi connectivity index (χ3n) is 16.3. The first-order valence-corrected chi connectivity index (χ1v) is 29.8. The van der Waals surface area contributed by atoms with Crippen molar-refractivity contribution in [1.29, 1.82) is 0 Å². The molecule has 406 valence electrons. The summed E-state index contributed by atoms with van der Waals surface area (Å²) in [5.41, 5.74) is 9.36. The molecule has 0 spiro atoms. The van der Waals surface area contributed by atoms with Crippen LogP contribution in [0.1, 0.15) is 42.9 Å². The molecule has 0 aliphatic carbocycles. The van der Waals surface area contributed by atoms with Crippen molar-refractivity contribution in [2.75, 3.05) is 0 Å². The molecule has 1 aliphatic heterocycles. The van der Waals surface area contributed by atoms with E-state index in [4.69, 9.17) is 13.8 Å². The average Bonchev–Trinajstić information content (AvgIpc) is 1.49. The molecule has 0 saturated heterocycles. The molecule has 0 saturated carbocycles. The maximum absolute atomic E-state index is 9.66. The number of aromatic nitrogens is 4. The fourth-order valence-corrected chi connectivity index (χ4v) is 17.3. The minimum atomic E-state index is -3.30. The van der Waals surface area contributed by atoms with E-state index in [1.54, 1.807) is 6.07 Å². The zero-order valence-electron chi connectivity index (χ0n) is 54.0. The smallest absolute Gasteiger partial charge is 0.268 e. The van der Waals surface area contributed by atoms with Crippen LogP contribution < -0.4 is 30.1 Å². The number of para-hydroxylation sites is 2. The Morgan fingerprint density at radius 1 is 0.524 bits per heavy atom. The summed E-state index contributed by atoms with van der Waals surface area (Å²) in [6.45, 7) is 3.82. The number of imidazole rings is 1. The Labute approximate surface area is 516 Å². The van der Waals surface area contributed by atoms with Crippen LogP contribution in [0.3, 0.4) is 0 Å². The molecule has 0 radical (unpaired) electrons. The van der Waals surface area contributed by atoms with Crippen molar-refractivity contribution in [2.45, 2.75) is 33.0 Å². The standard InChI is InChI=1S/C77H56N4OSi.Pt/c1-52-45-68(53-23-9-5-10-24-53)75-70(46-52)69-50-61(83(58-27-11-6-12-28-58,59-29-13-7-14-30-59)60-31-15-8-16-32-60)40-42-64(69)62-33-17-18-34-63(62)67-36-22-38-72-76(67)80(75)51-79(72)55-25-21-26-56(48-55)82-57-39-41-66-65-35-19-20-37-71(65)81(73(66)49-57)74-47-54(43-44-78-74)77(2,3)4;/h5-47,50H,1-4H3;/q-2;/i1D3,5D,9D,10D,23D,24D;. The zero-order chi connectivity index (χ0) is 62.7. The first kappa shape index (κ1) is 44.2. The molecule has 3 aromatic heterocycles. The topological polar surface area (TPSA) is 35.9 Å². The number of fused-ring (bicyclic) bond motifs is 10. The Kier molecular flexibility index (Phi) is 11.1. The number of aryl methyl sites for hydroxylation is 1. The Balaban J connectivity index is 0.00000735. The predicted molar refractivity (Wildman–Crippen MR) is 342 cm³/mol. The van der Waals surface area contributed by atoms with Crippen LogP contribution in [0, 0.1) is 25.3 Å². The fraction of sp³-hybridized carbons (Fsp3) is 0.0649. The van der Waals surface area contributed by atoms with Crippen LogP contribution in [-0.4, -0.2) is 22.2 Å². The summed E-state index contributed by atoms with van der Waals surface area (Å²) in [4.78, 5) is 4.88. The molecule has 7 heteroatoms. The Morgan fingerprint density at radius 3 is 1.86 bits per heavy atom. The number of benzene rings is 11. The Morgan fingerprint density at radius 2 is 1.14 bits per heavy atom. The van der Waals surface area contributed by atoms with Gasteiger partial charge in [-0.05, 0) is 112 Å². The van der Waals surface area contributed by atoms with E-state index in [-0.39, 0.29) is 43.2 Å². The summed E-state index contributed by atoms with van der Waals surface area (Å²) < 4.78 is 86.5. The van der Waals surface area contributed by atoms with Crippen molar-refractivity contribution in [3.8, 4) is 73.2 Å². The summed E-state index contributed by atoms with van der Waals surface area (Å²) in [5, 5.41) is 6.44. The maximum atomic E-state index is 9.66. The Bertz CT molecular complexity index is 5130. The molecule has 1 aliphatic rings. The molecule has 4 heterocycles. The van der Waals surface area contributed by atoms with Crippen molar-refractivity contribution in [3.63, 3.8) is 0 Å². The summed E-state index contributed by atoms with van der Waals surface area (Å²) >= 11 is 0. The van der Waals surface area contributed by atoms with Crippen molar-refractivity contribution < 1.29 is 41.3 Å². The molecule has 84 heavy (non-hydrogen) atoms. The van der Waals surface area contributed by atoms with E-state index in [0.717, 1.165) is 76.2 Å². The van der Waals surface area contributed by atoms with E-state index in [1.165, 1.54) is 6.07 Å². The van der Waals surface area contributed by atoms with Crippen LogP contribution in [0.4, 0.5) is 0 Å². The predicted octanol–water partition coefficient (Wildman–Crippen LogP) is 15.6. The molecule has 0 amide bonds. The Hall–Kier alpha value is -9.45. The molecular weight excluding hydrogens is 1220 g/mol. The molecule has 0 unspecified atom stereocenters. The summed E-state index contributed by atoms with van der Waals surface area (Å²) in [7, 11) is -3.30. The number of hydrogen-bond acceptors (Lipinski definition) is 2. The monoisotopic (exact) mass is 1280 g/mol. The van der Waals surface area contributed by atoms with Crippen molar-refractivity contribution in [2.24, 2.45) is 0 Å². The van der Waals surface area contributed by atoms with Gasteiger partial charge in [0.1, 0.15) is 5.82 Å². The molecule has 0 N–H and O–H groups in total. The molecule has 0 fully saturated rings. The minimum Gasteiger partial charge on any atom is -0.510 e. The zero-order valence-corrected chi connectivity index (χ0v) is 49.3. The maximum Gasteiger partial charge on any atom is 0.268 e. The van der Waals surface area contributed by atoms with Gasteiger partial charge in [0.2, 0.25) is 0 Å².